The molecular weight excluding hydrogens is 384 g/mol. The van der Waals surface area contributed by atoms with E-state index < -0.39 is 0 Å². The number of hydrogen-bond acceptors (Lipinski definition) is 2. The summed E-state index contributed by atoms with van der Waals surface area (Å²) in [6.45, 7) is 4.37. The van der Waals surface area contributed by atoms with Crippen molar-refractivity contribution in [2.24, 2.45) is 0 Å². The van der Waals surface area contributed by atoms with Crippen LogP contribution in [0.15, 0.2) is 84.9 Å². The highest BCUT2D eigenvalue weighted by Gasteiger charge is 2.28. The number of carbonyl (C=O) groups is 1. The normalized spacial score (nSPS) is 11.4. The highest BCUT2D eigenvalue weighted by atomic mass is 32.1. The van der Waals surface area contributed by atoms with Gasteiger partial charge in [0.05, 0.1) is 4.88 Å². The third-order valence-electron chi connectivity index (χ3n) is 5.96. The Bertz CT molecular complexity index is 1220. The first-order chi connectivity index (χ1) is 14.7. The van der Waals surface area contributed by atoms with Crippen LogP contribution >= 0.6 is 11.3 Å². The molecule has 5 rings (SSSR count). The number of aldehydes is 1. The van der Waals surface area contributed by atoms with Gasteiger partial charge < -0.3 is 0 Å². The standard InChI is InChI=1S/C28H22OS/c1-18-15-25(23-11-7-3-5-9-21(18)23)28(27-14-13-20(17-29)30-27)26-16-19(2)22-10-6-4-8-12-24(22)26/h3-17,28H,1-2H3. The number of hydrogen-bond donors (Lipinski definition) is 0. The predicted molar refractivity (Wildman–Crippen MR) is 126 cm³/mol. The average Bonchev–Trinajstić information content (AvgIpc) is 3.25. The van der Waals surface area contributed by atoms with Crippen LogP contribution < -0.4 is 0 Å². The molecule has 30 heavy (non-hydrogen) atoms. The number of aryl methyl sites for hydroxylation is 2. The summed E-state index contributed by atoms with van der Waals surface area (Å²) in [5, 5.41) is 0. The van der Waals surface area contributed by atoms with Gasteiger partial charge in [0.15, 0.2) is 6.29 Å². The van der Waals surface area contributed by atoms with Gasteiger partial charge in [0.25, 0.3) is 0 Å². The van der Waals surface area contributed by atoms with E-state index in [1.807, 2.05) is 6.07 Å². The zero-order valence-corrected chi connectivity index (χ0v) is 17.9. The Morgan fingerprint density at radius 3 is 1.63 bits per heavy atom. The number of carbonyl (C=O) groups excluding carboxylic acids is 1. The second-order valence-corrected chi connectivity index (χ2v) is 8.98. The molecule has 1 heterocycles. The van der Waals surface area contributed by atoms with Crippen molar-refractivity contribution in [1.82, 2.24) is 0 Å². The fraction of sp³-hybridized carbons (Fsp3) is 0.107. The molecule has 0 bridgehead atoms. The van der Waals surface area contributed by atoms with E-state index in [2.05, 4.69) is 92.7 Å². The molecule has 4 aliphatic rings. The Morgan fingerprint density at radius 1 is 0.667 bits per heavy atom. The zero-order chi connectivity index (χ0) is 20.7. The predicted octanol–water partition coefficient (Wildman–Crippen LogP) is 7.57. The minimum absolute atomic E-state index is 0.0842. The Labute approximate surface area is 181 Å². The van der Waals surface area contributed by atoms with Gasteiger partial charge >= 0.3 is 0 Å². The third-order valence-corrected chi connectivity index (χ3v) is 7.04. The third kappa shape index (κ3) is 3.05. The Hall–Kier alpha value is -3.23. The molecule has 0 atom stereocenters. The summed E-state index contributed by atoms with van der Waals surface area (Å²) in [7, 11) is 0. The Morgan fingerprint density at radius 2 is 1.17 bits per heavy atom. The van der Waals surface area contributed by atoms with Gasteiger partial charge in [-0.1, -0.05) is 72.8 Å². The van der Waals surface area contributed by atoms with Crippen LogP contribution in [0.25, 0.3) is 22.3 Å². The second-order valence-electron chi connectivity index (χ2n) is 7.83. The summed E-state index contributed by atoms with van der Waals surface area (Å²) in [5.41, 5.74) is 10.3. The van der Waals surface area contributed by atoms with E-state index in [9.17, 15) is 4.79 Å². The largest absolute Gasteiger partial charge is 0.297 e. The van der Waals surface area contributed by atoms with Gasteiger partial charge in [-0.05, 0) is 70.5 Å². The lowest BCUT2D eigenvalue weighted by Crippen LogP contribution is -2.01. The molecule has 0 aromatic carbocycles. The lowest BCUT2D eigenvalue weighted by Gasteiger charge is -2.18. The van der Waals surface area contributed by atoms with Gasteiger partial charge in [-0.2, -0.15) is 0 Å². The van der Waals surface area contributed by atoms with Crippen LogP contribution in [-0.2, 0) is 0 Å². The number of rotatable bonds is 4. The van der Waals surface area contributed by atoms with E-state index >= 15 is 0 Å². The fourth-order valence-corrected chi connectivity index (χ4v) is 5.57. The minimum atomic E-state index is 0.0842. The fourth-order valence-electron chi connectivity index (χ4n) is 4.60. The first-order valence-corrected chi connectivity index (χ1v) is 11.0. The topological polar surface area (TPSA) is 17.1 Å². The van der Waals surface area contributed by atoms with Crippen LogP contribution in [-0.4, -0.2) is 6.29 Å². The Balaban J connectivity index is 1.81. The zero-order valence-electron chi connectivity index (χ0n) is 17.1. The smallest absolute Gasteiger partial charge is 0.160 e. The molecule has 1 aromatic heterocycles. The summed E-state index contributed by atoms with van der Waals surface area (Å²) in [6, 6.07) is 30.1. The van der Waals surface area contributed by atoms with Gasteiger partial charge in [-0.25, -0.2) is 0 Å². The lowest BCUT2D eigenvalue weighted by molar-refractivity contribution is 0.112. The van der Waals surface area contributed by atoms with Crippen molar-refractivity contribution in [1.29, 1.82) is 0 Å². The maximum absolute atomic E-state index is 11.4. The van der Waals surface area contributed by atoms with Crippen molar-refractivity contribution < 1.29 is 4.79 Å². The van der Waals surface area contributed by atoms with Gasteiger partial charge in [0.1, 0.15) is 0 Å². The molecular formula is C28H22OS. The van der Waals surface area contributed by atoms with Crippen molar-refractivity contribution in [3.8, 4) is 22.3 Å². The van der Waals surface area contributed by atoms with Gasteiger partial charge in [-0.3, -0.25) is 4.79 Å². The van der Waals surface area contributed by atoms with Crippen molar-refractivity contribution in [3.05, 3.63) is 117 Å². The van der Waals surface area contributed by atoms with E-state index in [1.165, 1.54) is 49.4 Å². The first kappa shape index (κ1) is 18.8. The molecule has 0 spiro atoms. The quantitative estimate of drug-likeness (QED) is 0.281. The van der Waals surface area contributed by atoms with Gasteiger partial charge in [-0.15, -0.1) is 11.3 Å². The van der Waals surface area contributed by atoms with Crippen molar-refractivity contribution in [2.75, 3.05) is 0 Å². The van der Waals surface area contributed by atoms with Crippen LogP contribution in [0.5, 0.6) is 0 Å². The molecule has 0 amide bonds. The molecule has 0 saturated carbocycles. The maximum atomic E-state index is 11.4. The van der Waals surface area contributed by atoms with Crippen molar-refractivity contribution >= 4 is 17.6 Å². The van der Waals surface area contributed by atoms with Crippen LogP contribution in [0.2, 0.25) is 0 Å². The molecule has 0 radical (unpaired) electrons. The van der Waals surface area contributed by atoms with E-state index in [-0.39, 0.29) is 5.92 Å². The second kappa shape index (κ2) is 7.55. The van der Waals surface area contributed by atoms with Crippen LogP contribution in [0.4, 0.5) is 0 Å². The SMILES string of the molecule is Cc1cc(C(c2ccc(C=O)s2)c2cc(C)c3cccccc2-3)c2cccccc1-2. The highest BCUT2D eigenvalue weighted by Crippen LogP contribution is 2.47. The van der Waals surface area contributed by atoms with E-state index in [4.69, 9.17) is 0 Å². The van der Waals surface area contributed by atoms with E-state index in [0.29, 0.717) is 0 Å². The molecule has 1 nitrogen and oxygen atoms in total. The molecule has 4 aliphatic carbocycles. The van der Waals surface area contributed by atoms with E-state index in [0.717, 1.165) is 11.2 Å². The number of fused-ring (bicyclic) bond motifs is 2. The van der Waals surface area contributed by atoms with Crippen LogP contribution in [0, 0.1) is 13.8 Å². The van der Waals surface area contributed by atoms with Crippen LogP contribution in [0.1, 0.15) is 42.7 Å². The Kier molecular flexibility index (Phi) is 4.72. The summed E-state index contributed by atoms with van der Waals surface area (Å²) in [4.78, 5) is 13.4. The lowest BCUT2D eigenvalue weighted by atomic mass is 9.87. The average molecular weight is 407 g/mol. The summed E-state index contributed by atoms with van der Waals surface area (Å²) in [6.07, 6.45) is 0.952. The molecule has 1 aromatic rings. The molecule has 0 unspecified atom stereocenters. The van der Waals surface area contributed by atoms with Crippen molar-refractivity contribution in [3.63, 3.8) is 0 Å². The summed E-state index contributed by atoms with van der Waals surface area (Å²) < 4.78 is 0. The number of thiophene rings is 1. The molecule has 0 N–H and O–H groups in total. The molecule has 2 heteroatoms. The molecule has 0 aliphatic heterocycles. The van der Waals surface area contributed by atoms with Crippen LogP contribution in [0.3, 0.4) is 0 Å². The maximum Gasteiger partial charge on any atom is 0.160 e. The molecule has 146 valence electrons. The monoisotopic (exact) mass is 406 g/mol. The van der Waals surface area contributed by atoms with Crippen molar-refractivity contribution in [2.45, 2.75) is 19.8 Å². The molecule has 0 fully saturated rings. The van der Waals surface area contributed by atoms with Gasteiger partial charge in [0, 0.05) is 10.8 Å². The van der Waals surface area contributed by atoms with E-state index in [1.54, 1.807) is 11.3 Å². The summed E-state index contributed by atoms with van der Waals surface area (Å²) >= 11 is 1.59. The van der Waals surface area contributed by atoms with Gasteiger partial charge in [0.2, 0.25) is 0 Å². The first-order valence-electron chi connectivity index (χ1n) is 10.2. The minimum Gasteiger partial charge on any atom is -0.297 e. The molecule has 0 saturated heterocycles. The highest BCUT2D eigenvalue weighted by molar-refractivity contribution is 7.13. The summed E-state index contributed by atoms with van der Waals surface area (Å²) in [5.74, 6) is 0.0842.